The second-order valence-electron chi connectivity index (χ2n) is 3.81. The first-order chi connectivity index (χ1) is 8.21. The van der Waals surface area contributed by atoms with E-state index in [0.29, 0.717) is 6.04 Å². The van der Waals surface area contributed by atoms with Crippen molar-refractivity contribution in [3.05, 3.63) is 29.8 Å². The summed E-state index contributed by atoms with van der Waals surface area (Å²) in [6.45, 7) is 5.17. The lowest BCUT2D eigenvalue weighted by molar-refractivity contribution is 0.402. The summed E-state index contributed by atoms with van der Waals surface area (Å²) in [5, 5.41) is 3.32. The highest BCUT2D eigenvalue weighted by Gasteiger charge is 2.02. The molecule has 0 saturated heterocycles. The highest BCUT2D eigenvalue weighted by Crippen LogP contribution is 2.25. The molecule has 0 bridgehead atoms. The van der Waals surface area contributed by atoms with E-state index < -0.39 is 0 Å². The van der Waals surface area contributed by atoms with Gasteiger partial charge in [-0.05, 0) is 31.7 Å². The Bertz CT molecular complexity index is 374. The zero-order valence-electron chi connectivity index (χ0n) is 11.0. The van der Waals surface area contributed by atoms with Crippen LogP contribution in [-0.2, 0) is 0 Å². The molecule has 0 heterocycles. The number of ether oxygens (including phenoxy) is 2. The van der Waals surface area contributed by atoms with E-state index in [-0.39, 0.29) is 0 Å². The number of benzene rings is 1. The van der Waals surface area contributed by atoms with Gasteiger partial charge in [-0.3, -0.25) is 0 Å². The van der Waals surface area contributed by atoms with E-state index in [2.05, 4.69) is 31.3 Å². The fourth-order valence-corrected chi connectivity index (χ4v) is 1.61. The molecule has 1 N–H and O–H groups in total. The number of nitrogens with one attached hydrogen (secondary N) is 1. The Morgan fingerprint density at radius 3 is 2.65 bits per heavy atom. The molecule has 3 nitrogen and oxygen atoms in total. The maximum atomic E-state index is 5.31. The van der Waals surface area contributed by atoms with Crippen LogP contribution in [-0.4, -0.2) is 26.8 Å². The van der Waals surface area contributed by atoms with Gasteiger partial charge in [0.1, 0.15) is 11.5 Å². The molecular weight excluding hydrogens is 214 g/mol. The van der Waals surface area contributed by atoms with Crippen molar-refractivity contribution in [2.75, 3.05) is 20.8 Å². The summed E-state index contributed by atoms with van der Waals surface area (Å²) >= 11 is 0. The molecule has 0 fully saturated rings. The molecule has 0 aliphatic heterocycles. The van der Waals surface area contributed by atoms with Crippen molar-refractivity contribution >= 4 is 6.08 Å². The second-order valence-corrected chi connectivity index (χ2v) is 3.81. The normalized spacial score (nSPS) is 12.7. The van der Waals surface area contributed by atoms with Crippen molar-refractivity contribution in [1.29, 1.82) is 0 Å². The van der Waals surface area contributed by atoms with E-state index in [4.69, 9.17) is 9.47 Å². The van der Waals surface area contributed by atoms with Gasteiger partial charge in [-0.1, -0.05) is 19.1 Å². The van der Waals surface area contributed by atoms with Gasteiger partial charge in [-0.25, -0.2) is 0 Å². The number of hydrogen-bond donors (Lipinski definition) is 1. The zero-order valence-corrected chi connectivity index (χ0v) is 11.0. The van der Waals surface area contributed by atoms with Crippen molar-refractivity contribution in [3.63, 3.8) is 0 Å². The number of rotatable bonds is 6. The van der Waals surface area contributed by atoms with Crippen LogP contribution in [0.25, 0.3) is 6.08 Å². The highest BCUT2D eigenvalue weighted by molar-refractivity contribution is 5.60. The average Bonchev–Trinajstić information content (AvgIpc) is 2.36. The molecule has 0 saturated carbocycles. The second kappa shape index (κ2) is 6.97. The van der Waals surface area contributed by atoms with Crippen molar-refractivity contribution in [2.45, 2.75) is 19.9 Å². The molecule has 1 aromatic rings. The number of hydrogen-bond acceptors (Lipinski definition) is 3. The van der Waals surface area contributed by atoms with Crippen LogP contribution in [0.5, 0.6) is 11.5 Å². The Labute approximate surface area is 103 Å². The van der Waals surface area contributed by atoms with E-state index in [1.54, 1.807) is 14.2 Å². The Balaban J connectivity index is 2.87. The van der Waals surface area contributed by atoms with Crippen LogP contribution < -0.4 is 14.8 Å². The maximum absolute atomic E-state index is 5.31. The first kappa shape index (κ1) is 13.6. The predicted octanol–water partition coefficient (Wildman–Crippen LogP) is 2.72. The molecule has 0 aliphatic rings. The minimum atomic E-state index is 0.343. The quantitative estimate of drug-likeness (QED) is 0.822. The van der Waals surface area contributed by atoms with Gasteiger partial charge < -0.3 is 14.8 Å². The van der Waals surface area contributed by atoms with Crippen LogP contribution >= 0.6 is 0 Å². The molecule has 0 radical (unpaired) electrons. The molecule has 0 aliphatic carbocycles. The zero-order chi connectivity index (χ0) is 12.7. The van der Waals surface area contributed by atoms with E-state index >= 15 is 0 Å². The Hall–Kier alpha value is -1.48. The lowest BCUT2D eigenvalue weighted by Crippen LogP contribution is -2.22. The van der Waals surface area contributed by atoms with Gasteiger partial charge in [-0.2, -0.15) is 0 Å². The molecule has 1 unspecified atom stereocenters. The molecular formula is C14H21NO2. The molecule has 0 amide bonds. The summed E-state index contributed by atoms with van der Waals surface area (Å²) in [6.07, 6.45) is 4.16. The topological polar surface area (TPSA) is 30.5 Å². The molecule has 1 aromatic carbocycles. The third-order valence-electron chi connectivity index (χ3n) is 2.53. The first-order valence-electron chi connectivity index (χ1n) is 5.84. The fourth-order valence-electron chi connectivity index (χ4n) is 1.61. The van der Waals surface area contributed by atoms with Crippen LogP contribution in [0, 0.1) is 0 Å². The molecule has 0 aromatic heterocycles. The van der Waals surface area contributed by atoms with Crippen LogP contribution in [0.15, 0.2) is 24.3 Å². The first-order valence-corrected chi connectivity index (χ1v) is 5.84. The van der Waals surface area contributed by atoms with E-state index in [1.807, 2.05) is 18.2 Å². The van der Waals surface area contributed by atoms with Crippen LogP contribution in [0.1, 0.15) is 19.4 Å². The van der Waals surface area contributed by atoms with Crippen molar-refractivity contribution in [2.24, 2.45) is 0 Å². The predicted molar refractivity (Wildman–Crippen MR) is 71.7 cm³/mol. The van der Waals surface area contributed by atoms with E-state index in [9.17, 15) is 0 Å². The van der Waals surface area contributed by atoms with Crippen LogP contribution in [0.4, 0.5) is 0 Å². The molecule has 17 heavy (non-hydrogen) atoms. The van der Waals surface area contributed by atoms with E-state index in [0.717, 1.165) is 23.6 Å². The van der Waals surface area contributed by atoms with Crippen LogP contribution in [0.2, 0.25) is 0 Å². The summed E-state index contributed by atoms with van der Waals surface area (Å²) in [6, 6.07) is 6.12. The molecule has 0 spiro atoms. The van der Waals surface area contributed by atoms with E-state index in [1.165, 1.54) is 0 Å². The smallest absolute Gasteiger partial charge is 0.126 e. The van der Waals surface area contributed by atoms with Gasteiger partial charge in [0, 0.05) is 11.6 Å². The Kier molecular flexibility index (Phi) is 5.57. The van der Waals surface area contributed by atoms with Gasteiger partial charge in [0.2, 0.25) is 0 Å². The maximum Gasteiger partial charge on any atom is 0.126 e. The molecule has 1 rings (SSSR count). The Morgan fingerprint density at radius 2 is 2.06 bits per heavy atom. The highest BCUT2D eigenvalue weighted by atomic mass is 16.5. The van der Waals surface area contributed by atoms with Gasteiger partial charge in [0.25, 0.3) is 0 Å². The lowest BCUT2D eigenvalue weighted by atomic mass is 10.1. The molecule has 3 heteroatoms. The van der Waals surface area contributed by atoms with Gasteiger partial charge in [-0.15, -0.1) is 0 Å². The molecule has 1 atom stereocenters. The van der Waals surface area contributed by atoms with Crippen LogP contribution in [0.3, 0.4) is 0 Å². The fraction of sp³-hybridized carbons (Fsp3) is 0.429. The third-order valence-corrected chi connectivity index (χ3v) is 2.53. The third kappa shape index (κ3) is 4.11. The summed E-state index contributed by atoms with van der Waals surface area (Å²) in [5.74, 6) is 1.69. The number of methoxy groups -OCH3 is 2. The standard InChI is InChI=1S/C14H21NO2/c1-5-15-11(2)6-7-12-10-13(16-3)8-9-14(12)17-4/h6-11,15H,5H2,1-4H3/b7-6+. The van der Waals surface area contributed by atoms with Gasteiger partial charge >= 0.3 is 0 Å². The van der Waals surface area contributed by atoms with Crippen molar-refractivity contribution < 1.29 is 9.47 Å². The Morgan fingerprint density at radius 1 is 1.29 bits per heavy atom. The number of likely N-dealkylation sites (N-methyl/N-ethyl adjacent to an activating group) is 1. The average molecular weight is 235 g/mol. The minimum Gasteiger partial charge on any atom is -0.497 e. The monoisotopic (exact) mass is 235 g/mol. The summed E-state index contributed by atoms with van der Waals surface area (Å²) in [7, 11) is 3.34. The SMILES string of the molecule is CCNC(C)/C=C/c1cc(OC)ccc1OC. The summed E-state index contributed by atoms with van der Waals surface area (Å²) in [5.41, 5.74) is 1.02. The largest absolute Gasteiger partial charge is 0.497 e. The summed E-state index contributed by atoms with van der Waals surface area (Å²) < 4.78 is 10.5. The van der Waals surface area contributed by atoms with Crippen molar-refractivity contribution in [3.8, 4) is 11.5 Å². The van der Waals surface area contributed by atoms with Gasteiger partial charge in [0.05, 0.1) is 14.2 Å². The lowest BCUT2D eigenvalue weighted by Gasteiger charge is -2.09. The minimum absolute atomic E-state index is 0.343. The molecule has 94 valence electrons. The summed E-state index contributed by atoms with van der Waals surface area (Å²) in [4.78, 5) is 0. The van der Waals surface area contributed by atoms with Gasteiger partial charge in [0.15, 0.2) is 0 Å². The van der Waals surface area contributed by atoms with Crippen molar-refractivity contribution in [1.82, 2.24) is 5.32 Å².